The predicted octanol–water partition coefficient (Wildman–Crippen LogP) is 6.58. The number of carbonyl (C=O) groups excluding carboxylic acids is 3. The van der Waals surface area contributed by atoms with Gasteiger partial charge >= 0.3 is 11.9 Å². The normalized spacial score (nSPS) is 18.4. The number of aliphatic carboxylic acids is 1. The molecule has 5 rings (SSSR count). The van der Waals surface area contributed by atoms with Crippen molar-refractivity contribution in [2.75, 3.05) is 34.3 Å². The number of aryl methyl sites for hydroxylation is 2. The average molecular weight is 713 g/mol. The highest BCUT2D eigenvalue weighted by molar-refractivity contribution is 6.06. The third-order valence-electron chi connectivity index (χ3n) is 10.8. The molecule has 0 spiro atoms. The third-order valence-corrected chi connectivity index (χ3v) is 10.8. The first-order valence-corrected chi connectivity index (χ1v) is 18.2. The summed E-state index contributed by atoms with van der Waals surface area (Å²) < 4.78 is 5.18. The molecule has 5 heterocycles. The van der Waals surface area contributed by atoms with Gasteiger partial charge in [0.15, 0.2) is 5.78 Å². The zero-order valence-electron chi connectivity index (χ0n) is 31.8. The summed E-state index contributed by atoms with van der Waals surface area (Å²) in [7, 11) is 5.28. The molecule has 0 unspecified atom stereocenters. The number of methoxy groups -OCH3 is 1. The topological polar surface area (TPSA) is 170 Å². The fourth-order valence-corrected chi connectivity index (χ4v) is 7.81. The molecule has 3 aromatic rings. The number of hydrogen-bond donors (Lipinski definition) is 4. The maximum absolute atomic E-state index is 14.2. The number of aromatic amines is 2. The highest BCUT2D eigenvalue weighted by atomic mass is 16.5. The van der Waals surface area contributed by atoms with Crippen molar-refractivity contribution in [3.8, 4) is 0 Å². The number of H-pyrrole nitrogens is 2. The van der Waals surface area contributed by atoms with E-state index in [4.69, 9.17) is 14.7 Å². The molecule has 4 N–H and O–H groups in total. The molecule has 2 aliphatic heterocycles. The smallest absolute Gasteiger partial charge is 0.310 e. The molecule has 8 bridgehead atoms. The van der Waals surface area contributed by atoms with Crippen LogP contribution in [0.2, 0.25) is 0 Å². The molecule has 0 aromatic carbocycles. The van der Waals surface area contributed by atoms with Gasteiger partial charge in [-0.2, -0.15) is 0 Å². The summed E-state index contributed by atoms with van der Waals surface area (Å²) in [6.45, 7) is 12.8. The summed E-state index contributed by atoms with van der Waals surface area (Å²) in [6, 6.07) is 5.87. The standard InChI is InChI=1S/C40H52N6O6/c1-10-25-20(2)28-19-33-36(24(6)47)22(4)30(43-33)17-29-21(3)26(12-13-34(48)49)38(44-29)27(16-35(50)52-9)39-37(40(51)41-14-11-15-46(7)8)23(5)31(45-39)18-32(25)42-28/h17-21,25-26,43,45H,10-16H2,1-9H3,(H,41,51)(H,48,49)/t20-,21+,25-,26+/m1/s1. The first-order chi connectivity index (χ1) is 24.7. The number of fused-ring (bicyclic) bond motifs is 8. The lowest BCUT2D eigenvalue weighted by molar-refractivity contribution is -0.140. The Bertz CT molecular complexity index is 2060. The molecule has 4 atom stereocenters. The van der Waals surface area contributed by atoms with Crippen LogP contribution in [0.25, 0.3) is 22.1 Å². The Kier molecular flexibility index (Phi) is 11.7. The number of carboxylic acids is 1. The minimum Gasteiger partial charge on any atom is -0.481 e. The fraction of sp³-hybridized carbons (Fsp3) is 0.500. The van der Waals surface area contributed by atoms with Gasteiger partial charge in [0.05, 0.1) is 35.8 Å². The van der Waals surface area contributed by atoms with Crippen LogP contribution < -0.4 is 5.32 Å². The SMILES string of the molecule is CC[C@H]1c2cc3[nH]c(c(CC(=O)OC)c4nc(cc5[nH]c(cc(n2)[C@@H]1C)c(C(C)=O)c5C)[C@@H](C)[C@@H]4CCC(=O)O)c(C(=O)NCCCN(C)C)c3C. The number of nitrogens with zero attached hydrogens (tertiary/aromatic N) is 3. The number of aromatic nitrogens is 4. The van der Waals surface area contributed by atoms with Gasteiger partial charge < -0.3 is 30.0 Å². The molecule has 0 aliphatic carbocycles. The van der Waals surface area contributed by atoms with Gasteiger partial charge in [0.25, 0.3) is 5.91 Å². The van der Waals surface area contributed by atoms with E-state index in [1.54, 1.807) is 6.92 Å². The summed E-state index contributed by atoms with van der Waals surface area (Å²) in [4.78, 5) is 71.6. The van der Waals surface area contributed by atoms with Crippen LogP contribution in [0, 0.1) is 13.8 Å². The number of Topliss-reactive ketones (excluding diaryl/α,β-unsaturated/α-hetero) is 1. The fourth-order valence-electron chi connectivity index (χ4n) is 7.81. The van der Waals surface area contributed by atoms with Gasteiger partial charge in [-0.1, -0.05) is 20.8 Å². The van der Waals surface area contributed by atoms with Crippen LogP contribution in [0.5, 0.6) is 0 Å². The molecule has 0 saturated carbocycles. The minimum atomic E-state index is -0.943. The van der Waals surface area contributed by atoms with Crippen LogP contribution in [0.15, 0.2) is 18.2 Å². The number of carbonyl (C=O) groups is 4. The molecule has 1 amide bonds. The monoisotopic (exact) mass is 712 g/mol. The molecule has 278 valence electrons. The van der Waals surface area contributed by atoms with E-state index >= 15 is 0 Å². The van der Waals surface area contributed by atoms with Crippen molar-refractivity contribution in [1.82, 2.24) is 30.2 Å². The van der Waals surface area contributed by atoms with Gasteiger partial charge in [-0.05, 0) is 90.0 Å². The second-order valence-electron chi connectivity index (χ2n) is 14.5. The first-order valence-electron chi connectivity index (χ1n) is 18.2. The second-order valence-corrected chi connectivity index (χ2v) is 14.5. The molecule has 0 radical (unpaired) electrons. The van der Waals surface area contributed by atoms with Crippen molar-refractivity contribution in [3.05, 3.63) is 68.8 Å². The number of hydrogen-bond acceptors (Lipinski definition) is 8. The Morgan fingerprint density at radius 1 is 0.904 bits per heavy atom. The average Bonchev–Trinajstić information content (AvgIpc) is 3.77. The Labute approximate surface area is 304 Å². The van der Waals surface area contributed by atoms with Crippen molar-refractivity contribution in [1.29, 1.82) is 0 Å². The van der Waals surface area contributed by atoms with Crippen LogP contribution in [0.3, 0.4) is 0 Å². The largest absolute Gasteiger partial charge is 0.481 e. The van der Waals surface area contributed by atoms with E-state index in [1.165, 1.54) is 7.11 Å². The highest BCUT2D eigenvalue weighted by Crippen LogP contribution is 2.43. The molecule has 12 nitrogen and oxygen atoms in total. The number of amides is 1. The van der Waals surface area contributed by atoms with Crippen molar-refractivity contribution >= 4 is 45.7 Å². The molecule has 52 heavy (non-hydrogen) atoms. The summed E-state index contributed by atoms with van der Waals surface area (Å²) in [5, 5.41) is 12.8. The van der Waals surface area contributed by atoms with Gasteiger partial charge in [-0.15, -0.1) is 0 Å². The highest BCUT2D eigenvalue weighted by Gasteiger charge is 2.34. The molecule has 3 aromatic heterocycles. The van der Waals surface area contributed by atoms with Gasteiger partial charge in [-0.25, -0.2) is 0 Å². The summed E-state index contributed by atoms with van der Waals surface area (Å²) in [6.07, 6.45) is 1.52. The van der Waals surface area contributed by atoms with Gasteiger partial charge in [0.1, 0.15) is 0 Å². The van der Waals surface area contributed by atoms with Crippen LogP contribution in [0.1, 0.15) is 137 Å². The first kappa shape index (κ1) is 38.4. The van der Waals surface area contributed by atoms with Crippen LogP contribution in [-0.4, -0.2) is 87.9 Å². The third kappa shape index (κ3) is 7.67. The van der Waals surface area contributed by atoms with Crippen molar-refractivity contribution < 1.29 is 29.0 Å². The van der Waals surface area contributed by atoms with E-state index in [2.05, 4.69) is 34.0 Å². The number of rotatable bonds is 12. The molecule has 0 fully saturated rings. The molecular weight excluding hydrogens is 660 g/mol. The summed E-state index contributed by atoms with van der Waals surface area (Å²) in [5.41, 5.74) is 8.34. The number of nitrogens with one attached hydrogen (secondary N) is 3. The van der Waals surface area contributed by atoms with Crippen LogP contribution in [-0.2, 0) is 20.7 Å². The van der Waals surface area contributed by atoms with E-state index in [0.717, 1.165) is 36.3 Å². The van der Waals surface area contributed by atoms with Gasteiger partial charge in [-0.3, -0.25) is 29.1 Å². The van der Waals surface area contributed by atoms with Gasteiger partial charge in [0.2, 0.25) is 0 Å². The maximum Gasteiger partial charge on any atom is 0.310 e. The van der Waals surface area contributed by atoms with E-state index in [-0.39, 0.29) is 54.6 Å². The van der Waals surface area contributed by atoms with E-state index in [9.17, 15) is 24.3 Å². The molecular formula is C40H52N6O6. The molecule has 12 heteroatoms. The Morgan fingerprint density at radius 3 is 2.15 bits per heavy atom. The van der Waals surface area contributed by atoms with Crippen LogP contribution in [0.4, 0.5) is 0 Å². The predicted molar refractivity (Wildman–Crippen MR) is 201 cm³/mol. The zero-order valence-corrected chi connectivity index (χ0v) is 31.8. The number of carboxylic acid groups (broad SMARTS) is 1. The maximum atomic E-state index is 14.2. The minimum absolute atomic E-state index is 0.0596. The van der Waals surface area contributed by atoms with Crippen molar-refractivity contribution in [2.24, 2.45) is 0 Å². The molecule has 0 saturated heterocycles. The lowest BCUT2D eigenvalue weighted by atomic mass is 9.85. The Balaban J connectivity index is 1.96. The lowest BCUT2D eigenvalue weighted by Crippen LogP contribution is -2.27. The Hall–Kier alpha value is -4.84. The summed E-state index contributed by atoms with van der Waals surface area (Å²) in [5.74, 6) is -2.32. The quantitative estimate of drug-likeness (QED) is 0.0920. The van der Waals surface area contributed by atoms with Crippen LogP contribution >= 0.6 is 0 Å². The number of ether oxygens (including phenoxy) is 1. The molecule has 2 aliphatic rings. The van der Waals surface area contributed by atoms with E-state index in [0.29, 0.717) is 62.3 Å². The Morgan fingerprint density at radius 2 is 1.52 bits per heavy atom. The lowest BCUT2D eigenvalue weighted by Gasteiger charge is -2.17. The van der Waals surface area contributed by atoms with Crippen molar-refractivity contribution in [3.63, 3.8) is 0 Å². The second kappa shape index (κ2) is 15.8. The number of ketones is 1. The summed E-state index contributed by atoms with van der Waals surface area (Å²) >= 11 is 0. The van der Waals surface area contributed by atoms with Crippen molar-refractivity contribution in [2.45, 2.75) is 97.3 Å². The van der Waals surface area contributed by atoms with E-state index in [1.807, 2.05) is 53.1 Å². The van der Waals surface area contributed by atoms with E-state index < -0.39 is 11.9 Å². The zero-order chi connectivity index (χ0) is 38.0. The number of esters is 1. The van der Waals surface area contributed by atoms with Gasteiger partial charge in [0, 0.05) is 75.9 Å².